The molecule has 0 bridgehead atoms. The number of hydrogen-bond acceptors (Lipinski definition) is 4. The van der Waals surface area contributed by atoms with Crippen molar-refractivity contribution < 1.29 is 4.74 Å². The number of imidazole rings is 1. The van der Waals surface area contributed by atoms with Gasteiger partial charge in [-0.05, 0) is 56.5 Å². The summed E-state index contributed by atoms with van der Waals surface area (Å²) in [5.41, 5.74) is 9.91. The Morgan fingerprint density at radius 3 is 2.81 bits per heavy atom. The fourth-order valence-corrected chi connectivity index (χ4v) is 2.73. The summed E-state index contributed by atoms with van der Waals surface area (Å²) in [5, 5.41) is 4.36. The van der Waals surface area contributed by atoms with Crippen LogP contribution in [0.15, 0.2) is 23.4 Å². The number of nitrogens with zero attached hydrogens (tertiary/aromatic N) is 3. The van der Waals surface area contributed by atoms with E-state index < -0.39 is 0 Å². The molecule has 0 fully saturated rings. The average molecular weight is 284 g/mol. The highest BCUT2D eigenvalue weighted by molar-refractivity contribution is 5.81. The molecule has 1 aromatic heterocycles. The van der Waals surface area contributed by atoms with Crippen LogP contribution in [0.4, 0.5) is 5.95 Å². The number of rotatable bonds is 2. The Bertz CT molecular complexity index is 728. The Balaban J connectivity index is 1.92. The minimum Gasteiger partial charge on any atom is -0.487 e. The Labute approximate surface area is 124 Å². The Morgan fingerprint density at radius 1 is 1.38 bits per heavy atom. The molecule has 0 saturated carbocycles. The molecule has 21 heavy (non-hydrogen) atoms. The molecule has 1 aliphatic rings. The molecule has 0 aliphatic carbocycles. The lowest BCUT2D eigenvalue weighted by atomic mass is 9.99. The van der Waals surface area contributed by atoms with E-state index in [0.717, 1.165) is 29.0 Å². The predicted octanol–water partition coefficient (Wildman–Crippen LogP) is 2.68. The molecule has 0 amide bonds. The molecule has 5 heteroatoms. The van der Waals surface area contributed by atoms with Gasteiger partial charge < -0.3 is 10.5 Å². The van der Waals surface area contributed by atoms with Gasteiger partial charge in [-0.2, -0.15) is 5.10 Å². The fraction of sp³-hybridized carbons (Fsp3) is 0.375. The average Bonchev–Trinajstić information content (AvgIpc) is 2.85. The van der Waals surface area contributed by atoms with Crippen molar-refractivity contribution in [3.63, 3.8) is 0 Å². The molecule has 2 heterocycles. The molecule has 1 aliphatic heterocycles. The SMILES string of the molecule is Cc1cn(N=Cc2cc(C)c3c(c2)CC(C)(C)O3)c(N)n1. The summed E-state index contributed by atoms with van der Waals surface area (Å²) < 4.78 is 7.57. The first-order chi connectivity index (χ1) is 9.84. The van der Waals surface area contributed by atoms with Crippen molar-refractivity contribution in [2.24, 2.45) is 5.10 Å². The number of hydrogen-bond donors (Lipinski definition) is 1. The summed E-state index contributed by atoms with van der Waals surface area (Å²) in [6, 6.07) is 4.20. The van der Waals surface area contributed by atoms with E-state index in [1.165, 1.54) is 5.56 Å². The fourth-order valence-electron chi connectivity index (χ4n) is 2.73. The number of nitrogens with two attached hydrogens (primary N) is 1. The minimum absolute atomic E-state index is 0.130. The zero-order valence-corrected chi connectivity index (χ0v) is 12.8. The standard InChI is InChI=1S/C16H20N4O/c1-10-5-12(6-13-7-16(3,4)21-14(10)13)8-18-20-9-11(2)19-15(20)17/h5-6,8-9H,7H2,1-4H3,(H2,17,19). The van der Waals surface area contributed by atoms with Crippen LogP contribution in [0.1, 0.15) is 36.2 Å². The van der Waals surface area contributed by atoms with E-state index >= 15 is 0 Å². The van der Waals surface area contributed by atoms with Crippen LogP contribution in [-0.2, 0) is 6.42 Å². The maximum absolute atomic E-state index is 5.99. The number of nitrogen functional groups attached to an aromatic ring is 1. The number of ether oxygens (including phenoxy) is 1. The van der Waals surface area contributed by atoms with E-state index in [0.29, 0.717) is 5.95 Å². The van der Waals surface area contributed by atoms with Crippen molar-refractivity contribution in [3.8, 4) is 5.75 Å². The predicted molar refractivity (Wildman–Crippen MR) is 84.0 cm³/mol. The maximum Gasteiger partial charge on any atom is 0.221 e. The third kappa shape index (κ3) is 2.63. The summed E-state index contributed by atoms with van der Waals surface area (Å²) in [6.07, 6.45) is 4.52. The number of aromatic nitrogens is 2. The number of aryl methyl sites for hydroxylation is 2. The molecule has 2 aromatic rings. The quantitative estimate of drug-likeness (QED) is 0.862. The largest absolute Gasteiger partial charge is 0.487 e. The van der Waals surface area contributed by atoms with Crippen LogP contribution in [0.5, 0.6) is 5.75 Å². The summed E-state index contributed by atoms with van der Waals surface area (Å²) in [4.78, 5) is 4.12. The van der Waals surface area contributed by atoms with Gasteiger partial charge in [-0.25, -0.2) is 9.66 Å². The summed E-state index contributed by atoms with van der Waals surface area (Å²) >= 11 is 0. The van der Waals surface area contributed by atoms with Crippen LogP contribution in [0.25, 0.3) is 0 Å². The van der Waals surface area contributed by atoms with Gasteiger partial charge in [0.1, 0.15) is 11.4 Å². The number of benzene rings is 1. The first-order valence-electron chi connectivity index (χ1n) is 7.02. The van der Waals surface area contributed by atoms with Gasteiger partial charge in [-0.3, -0.25) is 0 Å². The Morgan fingerprint density at radius 2 is 2.14 bits per heavy atom. The van der Waals surface area contributed by atoms with Crippen molar-refractivity contribution in [1.29, 1.82) is 0 Å². The minimum atomic E-state index is -0.130. The second-order valence-corrected chi connectivity index (χ2v) is 6.19. The van der Waals surface area contributed by atoms with Gasteiger partial charge in [-0.1, -0.05) is 0 Å². The van der Waals surface area contributed by atoms with Crippen LogP contribution in [0, 0.1) is 13.8 Å². The van der Waals surface area contributed by atoms with Crippen molar-refractivity contribution >= 4 is 12.2 Å². The smallest absolute Gasteiger partial charge is 0.221 e. The van der Waals surface area contributed by atoms with E-state index in [4.69, 9.17) is 10.5 Å². The molecule has 5 nitrogen and oxygen atoms in total. The van der Waals surface area contributed by atoms with Crippen molar-refractivity contribution in [3.05, 3.63) is 40.7 Å². The monoisotopic (exact) mass is 284 g/mol. The van der Waals surface area contributed by atoms with Gasteiger partial charge in [0.05, 0.1) is 18.1 Å². The second-order valence-electron chi connectivity index (χ2n) is 6.19. The molecule has 0 atom stereocenters. The third-order valence-electron chi connectivity index (χ3n) is 3.53. The molecule has 2 N–H and O–H groups in total. The van der Waals surface area contributed by atoms with Crippen LogP contribution in [0.3, 0.4) is 0 Å². The molecular weight excluding hydrogens is 264 g/mol. The lowest BCUT2D eigenvalue weighted by Crippen LogP contribution is -2.24. The zero-order valence-electron chi connectivity index (χ0n) is 12.8. The first-order valence-corrected chi connectivity index (χ1v) is 7.02. The lowest BCUT2D eigenvalue weighted by Gasteiger charge is -2.17. The van der Waals surface area contributed by atoms with E-state index in [-0.39, 0.29) is 5.60 Å². The molecule has 1 aromatic carbocycles. The molecule has 0 spiro atoms. The normalized spacial score (nSPS) is 16.2. The summed E-state index contributed by atoms with van der Waals surface area (Å²) in [6.45, 7) is 8.17. The van der Waals surface area contributed by atoms with Gasteiger partial charge in [0.15, 0.2) is 0 Å². The van der Waals surface area contributed by atoms with Crippen LogP contribution >= 0.6 is 0 Å². The van der Waals surface area contributed by atoms with E-state index in [1.807, 2.05) is 6.92 Å². The van der Waals surface area contributed by atoms with Gasteiger partial charge in [0.25, 0.3) is 0 Å². The Hall–Kier alpha value is -2.30. The first kappa shape index (κ1) is 13.7. The molecule has 0 radical (unpaired) electrons. The van der Waals surface area contributed by atoms with E-state index in [2.05, 4.69) is 43.0 Å². The number of anilines is 1. The van der Waals surface area contributed by atoms with Crippen LogP contribution in [0.2, 0.25) is 0 Å². The lowest BCUT2D eigenvalue weighted by molar-refractivity contribution is 0.137. The number of fused-ring (bicyclic) bond motifs is 1. The van der Waals surface area contributed by atoms with Gasteiger partial charge >= 0.3 is 0 Å². The molecular formula is C16H20N4O. The third-order valence-corrected chi connectivity index (χ3v) is 3.53. The highest BCUT2D eigenvalue weighted by atomic mass is 16.5. The van der Waals surface area contributed by atoms with E-state index in [9.17, 15) is 0 Å². The van der Waals surface area contributed by atoms with Crippen LogP contribution < -0.4 is 10.5 Å². The zero-order chi connectivity index (χ0) is 15.2. The molecule has 110 valence electrons. The van der Waals surface area contributed by atoms with Gasteiger partial charge in [0.2, 0.25) is 5.95 Å². The van der Waals surface area contributed by atoms with Crippen molar-refractivity contribution in [2.45, 2.75) is 39.7 Å². The molecule has 3 rings (SSSR count). The highest BCUT2D eigenvalue weighted by Crippen LogP contribution is 2.37. The van der Waals surface area contributed by atoms with Crippen LogP contribution in [-0.4, -0.2) is 21.5 Å². The highest BCUT2D eigenvalue weighted by Gasteiger charge is 2.31. The van der Waals surface area contributed by atoms with Crippen molar-refractivity contribution in [1.82, 2.24) is 9.66 Å². The maximum atomic E-state index is 5.99. The summed E-state index contributed by atoms with van der Waals surface area (Å²) in [5.74, 6) is 1.40. The summed E-state index contributed by atoms with van der Waals surface area (Å²) in [7, 11) is 0. The second kappa shape index (κ2) is 4.62. The van der Waals surface area contributed by atoms with Gasteiger partial charge in [-0.15, -0.1) is 0 Å². The van der Waals surface area contributed by atoms with Crippen molar-refractivity contribution in [2.75, 3.05) is 5.73 Å². The van der Waals surface area contributed by atoms with E-state index in [1.54, 1.807) is 17.1 Å². The topological polar surface area (TPSA) is 65.4 Å². The Kier molecular flexibility index (Phi) is 3.01. The van der Waals surface area contributed by atoms with Gasteiger partial charge in [0, 0.05) is 6.42 Å². The molecule has 0 saturated heterocycles. The molecule has 0 unspecified atom stereocenters.